The van der Waals surface area contributed by atoms with E-state index in [4.69, 9.17) is 4.52 Å². The maximum Gasteiger partial charge on any atom is 0.214 e. The normalized spacial score (nSPS) is 21.8. The van der Waals surface area contributed by atoms with Crippen molar-refractivity contribution in [2.24, 2.45) is 0 Å². The Morgan fingerprint density at radius 2 is 2.25 bits per heavy atom. The molecule has 8 nitrogen and oxygen atoms in total. The number of nitrogens with one attached hydrogen (secondary N) is 1. The van der Waals surface area contributed by atoms with Gasteiger partial charge in [-0.15, -0.1) is 0 Å². The van der Waals surface area contributed by atoms with E-state index in [0.717, 1.165) is 36.5 Å². The third-order valence-corrected chi connectivity index (χ3v) is 6.42. The largest absolute Gasteiger partial charge is 0.361 e. The Labute approximate surface area is 140 Å². The zero-order valence-electron chi connectivity index (χ0n) is 13.6. The molecule has 1 aliphatic carbocycles. The first-order valence-corrected chi connectivity index (χ1v) is 9.71. The lowest BCUT2D eigenvalue weighted by molar-refractivity contribution is 0.164. The first kappa shape index (κ1) is 15.8. The van der Waals surface area contributed by atoms with Crippen LogP contribution in [0.2, 0.25) is 0 Å². The summed E-state index contributed by atoms with van der Waals surface area (Å²) in [5.74, 6) is 0.792. The van der Waals surface area contributed by atoms with E-state index >= 15 is 0 Å². The van der Waals surface area contributed by atoms with Crippen molar-refractivity contribution in [2.75, 3.05) is 13.1 Å². The van der Waals surface area contributed by atoms with Crippen molar-refractivity contribution >= 4 is 10.0 Å². The second kappa shape index (κ2) is 5.98. The minimum Gasteiger partial charge on any atom is -0.361 e. The van der Waals surface area contributed by atoms with Crippen LogP contribution in [0.25, 0.3) is 0 Å². The third kappa shape index (κ3) is 3.24. The Bertz CT molecular complexity index is 824. The molecule has 1 aliphatic heterocycles. The average Bonchev–Trinajstić information content (AvgIpc) is 3.18. The summed E-state index contributed by atoms with van der Waals surface area (Å²) in [4.78, 5) is 2.24. The van der Waals surface area contributed by atoms with Crippen molar-refractivity contribution in [3.8, 4) is 0 Å². The zero-order chi connectivity index (χ0) is 16.7. The van der Waals surface area contributed by atoms with Gasteiger partial charge in [0, 0.05) is 38.4 Å². The molecule has 1 atom stereocenters. The van der Waals surface area contributed by atoms with Gasteiger partial charge in [-0.2, -0.15) is 5.10 Å². The molecule has 130 valence electrons. The molecule has 1 fully saturated rings. The number of fused-ring (bicyclic) bond motifs is 1. The second-order valence-electron chi connectivity index (χ2n) is 6.61. The predicted octanol–water partition coefficient (Wildman–Crippen LogP) is 0.818. The van der Waals surface area contributed by atoms with E-state index < -0.39 is 10.0 Å². The average molecular weight is 351 g/mol. The maximum atomic E-state index is 12.1. The lowest BCUT2D eigenvalue weighted by atomic mass is 10.2. The van der Waals surface area contributed by atoms with E-state index in [1.807, 2.05) is 23.7 Å². The number of rotatable bonds is 6. The number of aryl methyl sites for hydroxylation is 1. The summed E-state index contributed by atoms with van der Waals surface area (Å²) in [6.45, 7) is 4.39. The van der Waals surface area contributed by atoms with Crippen LogP contribution in [0.4, 0.5) is 0 Å². The van der Waals surface area contributed by atoms with E-state index in [2.05, 4.69) is 19.9 Å². The molecule has 9 heteroatoms. The van der Waals surface area contributed by atoms with Crippen molar-refractivity contribution in [3.63, 3.8) is 0 Å². The number of hydrogen-bond donors (Lipinski definition) is 1. The van der Waals surface area contributed by atoms with Crippen LogP contribution in [0.5, 0.6) is 0 Å². The van der Waals surface area contributed by atoms with Gasteiger partial charge in [-0.3, -0.25) is 9.58 Å². The van der Waals surface area contributed by atoms with Gasteiger partial charge in [0.05, 0.1) is 22.7 Å². The molecule has 2 aliphatic rings. The SMILES string of the molecule is Cc1cc(CN2Cc3ccnn3C(CNS(=O)(=O)C3CC3)C2)no1. The van der Waals surface area contributed by atoms with Gasteiger partial charge in [0.2, 0.25) is 10.0 Å². The van der Waals surface area contributed by atoms with Crippen LogP contribution in [0.1, 0.15) is 36.0 Å². The van der Waals surface area contributed by atoms with E-state index in [-0.39, 0.29) is 11.3 Å². The third-order valence-electron chi connectivity index (χ3n) is 4.50. The molecule has 4 rings (SSSR count). The van der Waals surface area contributed by atoms with E-state index in [1.165, 1.54) is 0 Å². The van der Waals surface area contributed by atoms with Gasteiger partial charge in [0.15, 0.2) is 0 Å². The number of hydrogen-bond acceptors (Lipinski definition) is 6. The van der Waals surface area contributed by atoms with Crippen LogP contribution < -0.4 is 4.72 Å². The quantitative estimate of drug-likeness (QED) is 0.828. The van der Waals surface area contributed by atoms with Crippen LogP contribution in [0.3, 0.4) is 0 Å². The Morgan fingerprint density at radius 3 is 2.96 bits per heavy atom. The van der Waals surface area contributed by atoms with Gasteiger partial charge < -0.3 is 4.52 Å². The molecule has 0 spiro atoms. The number of aromatic nitrogens is 3. The summed E-state index contributed by atoms with van der Waals surface area (Å²) in [7, 11) is -3.18. The molecule has 0 saturated heterocycles. The molecule has 0 bridgehead atoms. The Morgan fingerprint density at radius 1 is 1.42 bits per heavy atom. The highest BCUT2D eigenvalue weighted by Gasteiger charge is 2.36. The van der Waals surface area contributed by atoms with Crippen molar-refractivity contribution in [3.05, 3.63) is 35.5 Å². The summed E-state index contributed by atoms with van der Waals surface area (Å²) in [6, 6.07) is 3.88. The highest BCUT2D eigenvalue weighted by molar-refractivity contribution is 7.90. The summed E-state index contributed by atoms with van der Waals surface area (Å²) < 4.78 is 34.0. The fourth-order valence-electron chi connectivity index (χ4n) is 3.17. The zero-order valence-corrected chi connectivity index (χ0v) is 14.4. The molecular formula is C15H21N5O3S. The fraction of sp³-hybridized carbons (Fsp3) is 0.600. The lowest BCUT2D eigenvalue weighted by Crippen LogP contribution is -2.43. The first-order chi connectivity index (χ1) is 11.5. The Kier molecular flexibility index (Phi) is 3.93. The number of nitrogens with zero attached hydrogens (tertiary/aromatic N) is 4. The van der Waals surface area contributed by atoms with Crippen molar-refractivity contribution in [2.45, 2.75) is 44.1 Å². The second-order valence-corrected chi connectivity index (χ2v) is 8.66. The molecule has 2 aromatic heterocycles. The topological polar surface area (TPSA) is 93.3 Å². The highest BCUT2D eigenvalue weighted by atomic mass is 32.2. The standard InChI is InChI=1S/C15H21N5O3S/c1-11-6-12(18-23-11)8-19-9-13-4-5-16-20(13)14(10-19)7-17-24(21,22)15-2-3-15/h4-6,14-15,17H,2-3,7-10H2,1H3. The lowest BCUT2D eigenvalue weighted by Gasteiger charge is -2.33. The Balaban J connectivity index is 1.46. The van der Waals surface area contributed by atoms with Gasteiger partial charge in [0.1, 0.15) is 5.76 Å². The highest BCUT2D eigenvalue weighted by Crippen LogP contribution is 2.28. The summed E-state index contributed by atoms with van der Waals surface area (Å²) in [5.41, 5.74) is 1.97. The summed E-state index contributed by atoms with van der Waals surface area (Å²) in [5, 5.41) is 8.21. The van der Waals surface area contributed by atoms with Gasteiger partial charge >= 0.3 is 0 Å². The molecule has 0 amide bonds. The molecule has 1 unspecified atom stereocenters. The van der Waals surface area contributed by atoms with Crippen LogP contribution in [0, 0.1) is 6.92 Å². The van der Waals surface area contributed by atoms with Crippen LogP contribution in [-0.4, -0.2) is 46.6 Å². The van der Waals surface area contributed by atoms with E-state index in [9.17, 15) is 8.42 Å². The monoisotopic (exact) mass is 351 g/mol. The Hall–Kier alpha value is -1.71. The van der Waals surface area contributed by atoms with Gasteiger partial charge in [-0.1, -0.05) is 5.16 Å². The van der Waals surface area contributed by atoms with Crippen LogP contribution in [0.15, 0.2) is 22.9 Å². The molecule has 0 radical (unpaired) electrons. The first-order valence-electron chi connectivity index (χ1n) is 8.17. The molecule has 0 aromatic carbocycles. The predicted molar refractivity (Wildman–Crippen MR) is 86.6 cm³/mol. The molecule has 1 N–H and O–H groups in total. The summed E-state index contributed by atoms with van der Waals surface area (Å²) in [6.07, 6.45) is 3.30. The minimum atomic E-state index is -3.18. The smallest absolute Gasteiger partial charge is 0.214 e. The van der Waals surface area contributed by atoms with Gasteiger partial charge in [0.25, 0.3) is 0 Å². The maximum absolute atomic E-state index is 12.1. The van der Waals surface area contributed by atoms with Crippen LogP contribution in [-0.2, 0) is 23.1 Å². The van der Waals surface area contributed by atoms with Gasteiger partial charge in [-0.25, -0.2) is 13.1 Å². The van der Waals surface area contributed by atoms with E-state index in [1.54, 1.807) is 6.20 Å². The van der Waals surface area contributed by atoms with Crippen LogP contribution >= 0.6 is 0 Å². The van der Waals surface area contributed by atoms with Crippen molar-refractivity contribution in [1.29, 1.82) is 0 Å². The molecule has 1 saturated carbocycles. The fourth-order valence-corrected chi connectivity index (χ4v) is 4.58. The van der Waals surface area contributed by atoms with Crippen molar-refractivity contribution < 1.29 is 12.9 Å². The number of sulfonamides is 1. The van der Waals surface area contributed by atoms with E-state index in [0.29, 0.717) is 19.6 Å². The van der Waals surface area contributed by atoms with Crippen molar-refractivity contribution in [1.82, 2.24) is 24.6 Å². The minimum absolute atomic E-state index is 0.0229. The molecule has 24 heavy (non-hydrogen) atoms. The van der Waals surface area contributed by atoms with Gasteiger partial charge in [-0.05, 0) is 25.8 Å². The molecule has 3 heterocycles. The molecular weight excluding hydrogens is 330 g/mol. The molecule has 2 aromatic rings. The summed E-state index contributed by atoms with van der Waals surface area (Å²) >= 11 is 0.